The van der Waals surface area contributed by atoms with Crippen LogP contribution in [0.3, 0.4) is 0 Å². The normalized spacial score (nSPS) is 15.0. The number of amides is 1. The predicted octanol–water partition coefficient (Wildman–Crippen LogP) is 2.30. The van der Waals surface area contributed by atoms with Gasteiger partial charge in [0.2, 0.25) is 5.88 Å². The van der Waals surface area contributed by atoms with Crippen LogP contribution in [0.2, 0.25) is 0 Å². The first-order valence-electron chi connectivity index (χ1n) is 8.05. The second-order valence-corrected chi connectivity index (χ2v) is 5.85. The number of carbonyl (C=O) groups excluding carboxylic acids is 1. The molecule has 1 aromatic heterocycles. The Bertz CT molecular complexity index is 836. The molecular weight excluding hydrogens is 304 g/mol. The summed E-state index contributed by atoms with van der Waals surface area (Å²) >= 11 is 0. The van der Waals surface area contributed by atoms with Gasteiger partial charge in [-0.2, -0.15) is 0 Å². The smallest absolute Gasteiger partial charge is 0.255 e. The number of hydrogen-bond donors (Lipinski definition) is 1. The number of hydrogen-bond acceptors (Lipinski definition) is 5. The Labute approximate surface area is 139 Å². The van der Waals surface area contributed by atoms with Gasteiger partial charge < -0.3 is 14.6 Å². The van der Waals surface area contributed by atoms with Gasteiger partial charge in [0, 0.05) is 13.1 Å². The molecule has 0 bridgehead atoms. The molecule has 0 radical (unpaired) electrons. The quantitative estimate of drug-likeness (QED) is 0.939. The molecule has 0 aliphatic carbocycles. The van der Waals surface area contributed by atoms with Crippen molar-refractivity contribution in [1.82, 2.24) is 10.2 Å². The van der Waals surface area contributed by atoms with Crippen LogP contribution in [0.15, 0.2) is 44.7 Å². The summed E-state index contributed by atoms with van der Waals surface area (Å²) < 4.78 is 5.66. The molecule has 0 atom stereocenters. The number of benzene rings is 1. The maximum Gasteiger partial charge on any atom is 0.255 e. The molecule has 6 heteroatoms. The number of carbonyl (C=O) groups is 1. The van der Waals surface area contributed by atoms with Gasteiger partial charge in [0.15, 0.2) is 0 Å². The number of fused-ring (bicyclic) bond motifs is 3. The summed E-state index contributed by atoms with van der Waals surface area (Å²) in [6.07, 6.45) is 2.51. The van der Waals surface area contributed by atoms with Crippen LogP contribution in [-0.4, -0.2) is 42.6 Å². The monoisotopic (exact) mass is 322 g/mol. The van der Waals surface area contributed by atoms with Gasteiger partial charge in [-0.3, -0.25) is 9.79 Å². The zero-order valence-electron chi connectivity index (χ0n) is 13.5. The standard InChI is InChI=1S/C18H18N4O2/c1-12-14(17(23)20-8-7-13-5-3-2-4-6-13)15-16-19-9-10-22(16)11-21-18(15)24-12/h2-6,11H,7-10H2,1H3,(H,20,23). The van der Waals surface area contributed by atoms with E-state index in [1.165, 1.54) is 5.56 Å². The lowest BCUT2D eigenvalue weighted by Crippen LogP contribution is -2.32. The molecule has 122 valence electrons. The van der Waals surface area contributed by atoms with Gasteiger partial charge in [-0.25, -0.2) is 4.99 Å². The van der Waals surface area contributed by atoms with Crippen molar-refractivity contribution in [3.8, 4) is 0 Å². The minimum atomic E-state index is -0.139. The molecule has 0 saturated heterocycles. The van der Waals surface area contributed by atoms with Gasteiger partial charge in [-0.15, -0.1) is 0 Å². The second-order valence-electron chi connectivity index (χ2n) is 5.85. The number of furan rings is 1. The zero-order chi connectivity index (χ0) is 16.5. The van der Waals surface area contributed by atoms with Crippen molar-refractivity contribution in [2.75, 3.05) is 19.6 Å². The first-order chi connectivity index (χ1) is 11.7. The summed E-state index contributed by atoms with van der Waals surface area (Å²) in [5.74, 6) is 1.69. The number of rotatable bonds is 4. The van der Waals surface area contributed by atoms with Crippen molar-refractivity contribution in [3.63, 3.8) is 0 Å². The molecule has 0 spiro atoms. The number of nitrogens with one attached hydrogen (secondary N) is 1. The molecule has 24 heavy (non-hydrogen) atoms. The highest BCUT2D eigenvalue weighted by molar-refractivity contribution is 6.17. The van der Waals surface area contributed by atoms with E-state index in [0.717, 1.165) is 18.8 Å². The maximum absolute atomic E-state index is 12.7. The van der Waals surface area contributed by atoms with Crippen LogP contribution in [-0.2, 0) is 6.42 Å². The molecule has 1 aromatic carbocycles. The van der Waals surface area contributed by atoms with Gasteiger partial charge in [0.05, 0.1) is 17.7 Å². The van der Waals surface area contributed by atoms with Crippen LogP contribution in [0.25, 0.3) is 0 Å². The highest BCUT2D eigenvalue weighted by Crippen LogP contribution is 2.34. The Morgan fingerprint density at radius 3 is 3.00 bits per heavy atom. The van der Waals surface area contributed by atoms with Crippen molar-refractivity contribution in [1.29, 1.82) is 0 Å². The molecule has 2 aliphatic heterocycles. The predicted molar refractivity (Wildman–Crippen MR) is 92.2 cm³/mol. The summed E-state index contributed by atoms with van der Waals surface area (Å²) in [7, 11) is 0. The summed E-state index contributed by atoms with van der Waals surface area (Å²) in [6.45, 7) is 3.86. The first kappa shape index (κ1) is 14.7. The van der Waals surface area contributed by atoms with Crippen LogP contribution in [0.1, 0.15) is 27.2 Å². The molecular formula is C18H18N4O2. The summed E-state index contributed by atoms with van der Waals surface area (Å²) in [6, 6.07) is 10.1. The largest absolute Gasteiger partial charge is 0.442 e. The average molecular weight is 322 g/mol. The van der Waals surface area contributed by atoms with Gasteiger partial charge in [-0.1, -0.05) is 30.3 Å². The average Bonchev–Trinajstić information content (AvgIpc) is 3.18. The van der Waals surface area contributed by atoms with Gasteiger partial charge in [0.25, 0.3) is 5.91 Å². The van der Waals surface area contributed by atoms with Crippen molar-refractivity contribution in [3.05, 3.63) is 52.8 Å². The van der Waals surface area contributed by atoms with E-state index in [4.69, 9.17) is 4.42 Å². The Hall–Kier alpha value is -2.89. The lowest BCUT2D eigenvalue weighted by Gasteiger charge is -2.18. The van der Waals surface area contributed by atoms with E-state index in [2.05, 4.69) is 27.4 Å². The molecule has 0 fully saturated rings. The molecule has 3 heterocycles. The Balaban J connectivity index is 1.53. The minimum Gasteiger partial charge on any atom is -0.442 e. The highest BCUT2D eigenvalue weighted by atomic mass is 16.4. The van der Waals surface area contributed by atoms with Crippen molar-refractivity contribution < 1.29 is 9.21 Å². The van der Waals surface area contributed by atoms with Crippen LogP contribution in [0, 0.1) is 6.92 Å². The summed E-state index contributed by atoms with van der Waals surface area (Å²) in [5.41, 5.74) is 2.45. The molecule has 2 aliphatic rings. The third-order valence-corrected chi connectivity index (χ3v) is 4.25. The molecule has 1 amide bonds. The molecule has 2 aromatic rings. The van der Waals surface area contributed by atoms with Crippen molar-refractivity contribution >= 4 is 24.0 Å². The topological polar surface area (TPSA) is 70.2 Å². The van der Waals surface area contributed by atoms with E-state index in [1.54, 1.807) is 13.3 Å². The van der Waals surface area contributed by atoms with Crippen LogP contribution < -0.4 is 5.32 Å². The summed E-state index contributed by atoms with van der Waals surface area (Å²) in [5, 5.41) is 2.98. The maximum atomic E-state index is 12.7. The van der Waals surface area contributed by atoms with Crippen molar-refractivity contribution in [2.45, 2.75) is 13.3 Å². The molecule has 1 N–H and O–H groups in total. The van der Waals surface area contributed by atoms with Gasteiger partial charge in [-0.05, 0) is 18.9 Å². The van der Waals surface area contributed by atoms with E-state index < -0.39 is 0 Å². The first-order valence-corrected chi connectivity index (χ1v) is 8.05. The zero-order valence-corrected chi connectivity index (χ0v) is 13.5. The third kappa shape index (κ3) is 2.50. The molecule has 6 nitrogen and oxygen atoms in total. The molecule has 0 saturated carbocycles. The molecule has 0 unspecified atom stereocenters. The number of aliphatic imine (C=N–C) groups is 2. The number of aryl methyl sites for hydroxylation is 1. The van der Waals surface area contributed by atoms with Crippen LogP contribution >= 0.6 is 0 Å². The summed E-state index contributed by atoms with van der Waals surface area (Å²) in [4.78, 5) is 23.4. The fourth-order valence-electron chi connectivity index (χ4n) is 3.07. The van der Waals surface area contributed by atoms with E-state index >= 15 is 0 Å². The SMILES string of the molecule is Cc1oc2c(c1C(=O)NCCc1ccccc1)C1=NCCN1C=N2. The lowest BCUT2D eigenvalue weighted by atomic mass is 10.1. The fraction of sp³-hybridized carbons (Fsp3) is 0.278. The fourth-order valence-corrected chi connectivity index (χ4v) is 3.07. The second kappa shape index (κ2) is 5.96. The van der Waals surface area contributed by atoms with Gasteiger partial charge >= 0.3 is 0 Å². The van der Waals surface area contributed by atoms with Gasteiger partial charge in [0.1, 0.15) is 17.9 Å². The van der Waals surface area contributed by atoms with E-state index in [-0.39, 0.29) is 5.91 Å². The molecule has 4 rings (SSSR count). The van der Waals surface area contributed by atoms with E-state index in [9.17, 15) is 4.79 Å². The van der Waals surface area contributed by atoms with Crippen LogP contribution in [0.5, 0.6) is 0 Å². The Morgan fingerprint density at radius 2 is 2.17 bits per heavy atom. The van der Waals surface area contributed by atoms with Crippen LogP contribution in [0.4, 0.5) is 5.88 Å². The van der Waals surface area contributed by atoms with E-state index in [1.807, 2.05) is 23.1 Å². The minimum absolute atomic E-state index is 0.139. The van der Waals surface area contributed by atoms with E-state index in [0.29, 0.717) is 35.9 Å². The Kier molecular flexibility index (Phi) is 3.65. The lowest BCUT2D eigenvalue weighted by molar-refractivity contribution is 0.0952. The Morgan fingerprint density at radius 1 is 1.33 bits per heavy atom. The number of amidine groups is 1. The highest BCUT2D eigenvalue weighted by Gasteiger charge is 2.33. The third-order valence-electron chi connectivity index (χ3n) is 4.25. The number of nitrogens with zero attached hydrogens (tertiary/aromatic N) is 3. The van der Waals surface area contributed by atoms with Crippen molar-refractivity contribution in [2.24, 2.45) is 9.98 Å².